The molecule has 0 aliphatic carbocycles. The van der Waals surface area contributed by atoms with Crippen LogP contribution >= 0.6 is 0 Å². The van der Waals surface area contributed by atoms with Crippen LogP contribution < -0.4 is 0 Å². The molecular weight excluding hydrogens is 757 g/mol. The van der Waals surface area contributed by atoms with Gasteiger partial charge in [0.25, 0.3) is 0 Å². The summed E-state index contributed by atoms with van der Waals surface area (Å²) in [6, 6.07) is 0. The van der Waals surface area contributed by atoms with Crippen LogP contribution in [0.2, 0.25) is 0 Å². The lowest BCUT2D eigenvalue weighted by atomic mass is 10.1. The molecule has 0 heterocycles. The zero-order valence-corrected chi connectivity index (χ0v) is 38.9. The van der Waals surface area contributed by atoms with Crippen LogP contribution in [0.4, 0.5) is 0 Å². The number of ether oxygens (including phenoxy) is 3. The standard InChI is InChI=1S/C55H86O6/c1-4-7-10-13-16-19-22-24-25-26-27-28-29-31-33-36-39-42-45-48-54(57)60-51-52(50-59-53(56)47-44-41-38-35-32-21-18-15-12-9-6-3)61-55(58)49-46-43-40-37-34-30-23-20-17-14-11-8-5-2/h7-8,10-11,14-21,23-25,30,32,34,37,40,52H,4-6,9,12-13,22,26-29,31,33,35-36,38-39,41-51H2,1-3H3/b10-7-,11-8-,17-14-,18-15-,19-16-,23-20-,25-24-,32-21-,34-30-,40-37-. The first kappa shape index (κ1) is 56.8. The summed E-state index contributed by atoms with van der Waals surface area (Å²) in [6.45, 7) is 6.21. The maximum Gasteiger partial charge on any atom is 0.306 e. The first-order valence-electron chi connectivity index (χ1n) is 24.1. The summed E-state index contributed by atoms with van der Waals surface area (Å²) < 4.78 is 16.6. The molecule has 0 saturated carbocycles. The first-order valence-corrected chi connectivity index (χ1v) is 24.1. The van der Waals surface area contributed by atoms with Crippen LogP contribution in [-0.2, 0) is 28.6 Å². The number of rotatable bonds is 41. The zero-order chi connectivity index (χ0) is 44.4. The second-order valence-electron chi connectivity index (χ2n) is 15.4. The fourth-order valence-electron chi connectivity index (χ4n) is 5.99. The molecule has 0 aromatic carbocycles. The molecule has 0 rings (SSSR count). The van der Waals surface area contributed by atoms with E-state index in [4.69, 9.17) is 14.2 Å². The molecule has 0 amide bonds. The van der Waals surface area contributed by atoms with Gasteiger partial charge in [0.05, 0.1) is 0 Å². The van der Waals surface area contributed by atoms with E-state index >= 15 is 0 Å². The molecule has 0 aliphatic rings. The molecule has 61 heavy (non-hydrogen) atoms. The van der Waals surface area contributed by atoms with Crippen molar-refractivity contribution in [3.05, 3.63) is 122 Å². The van der Waals surface area contributed by atoms with Gasteiger partial charge < -0.3 is 14.2 Å². The van der Waals surface area contributed by atoms with Gasteiger partial charge in [-0.1, -0.05) is 206 Å². The minimum absolute atomic E-state index is 0.122. The lowest BCUT2D eigenvalue weighted by Gasteiger charge is -2.18. The highest BCUT2D eigenvalue weighted by Crippen LogP contribution is 2.13. The van der Waals surface area contributed by atoms with Gasteiger partial charge in [0.1, 0.15) is 13.2 Å². The van der Waals surface area contributed by atoms with Crippen molar-refractivity contribution in [1.82, 2.24) is 0 Å². The van der Waals surface area contributed by atoms with Gasteiger partial charge in [-0.05, 0) is 83.5 Å². The summed E-state index contributed by atoms with van der Waals surface area (Å²) in [5.74, 6) is -1.04. The molecule has 6 heteroatoms. The van der Waals surface area contributed by atoms with E-state index in [1.807, 2.05) is 54.7 Å². The molecule has 0 bridgehead atoms. The van der Waals surface area contributed by atoms with Crippen LogP contribution in [-0.4, -0.2) is 37.2 Å². The molecule has 0 radical (unpaired) electrons. The van der Waals surface area contributed by atoms with E-state index in [1.54, 1.807) is 0 Å². The Bertz CT molecular complexity index is 1340. The lowest BCUT2D eigenvalue weighted by Crippen LogP contribution is -2.30. The van der Waals surface area contributed by atoms with Crippen molar-refractivity contribution >= 4 is 17.9 Å². The van der Waals surface area contributed by atoms with Crippen molar-refractivity contribution in [2.24, 2.45) is 0 Å². The Morgan fingerprint density at radius 1 is 0.361 bits per heavy atom. The summed E-state index contributed by atoms with van der Waals surface area (Å²) in [6.07, 6.45) is 66.2. The average molecular weight is 843 g/mol. The summed E-state index contributed by atoms with van der Waals surface area (Å²) in [7, 11) is 0. The molecular formula is C55H86O6. The average Bonchev–Trinajstić information content (AvgIpc) is 3.26. The summed E-state index contributed by atoms with van der Waals surface area (Å²) >= 11 is 0. The van der Waals surface area contributed by atoms with Gasteiger partial charge in [0.15, 0.2) is 6.10 Å². The monoisotopic (exact) mass is 843 g/mol. The van der Waals surface area contributed by atoms with Crippen LogP contribution in [0.25, 0.3) is 0 Å². The minimum atomic E-state index is -0.830. The number of unbranched alkanes of at least 4 members (excludes halogenated alkanes) is 15. The Morgan fingerprint density at radius 2 is 0.738 bits per heavy atom. The Morgan fingerprint density at radius 3 is 1.28 bits per heavy atom. The highest BCUT2D eigenvalue weighted by atomic mass is 16.6. The third kappa shape index (κ3) is 46.7. The summed E-state index contributed by atoms with van der Waals surface area (Å²) in [5, 5.41) is 0. The molecule has 0 fully saturated rings. The van der Waals surface area contributed by atoms with Crippen molar-refractivity contribution < 1.29 is 28.6 Å². The highest BCUT2D eigenvalue weighted by molar-refractivity contribution is 5.71. The predicted octanol–water partition coefficient (Wildman–Crippen LogP) is 15.7. The van der Waals surface area contributed by atoms with E-state index in [0.717, 1.165) is 89.9 Å². The van der Waals surface area contributed by atoms with Gasteiger partial charge >= 0.3 is 17.9 Å². The quantitative estimate of drug-likeness (QED) is 0.0201. The van der Waals surface area contributed by atoms with Gasteiger partial charge in [0, 0.05) is 19.3 Å². The van der Waals surface area contributed by atoms with Gasteiger partial charge in [-0.25, -0.2) is 0 Å². The molecule has 1 unspecified atom stereocenters. The van der Waals surface area contributed by atoms with Crippen LogP contribution in [0, 0.1) is 0 Å². The Kier molecular flexibility index (Phi) is 45.1. The van der Waals surface area contributed by atoms with Gasteiger partial charge in [-0.3, -0.25) is 14.4 Å². The summed E-state index contributed by atoms with van der Waals surface area (Å²) in [5.41, 5.74) is 0. The van der Waals surface area contributed by atoms with Crippen molar-refractivity contribution in [3.63, 3.8) is 0 Å². The molecule has 0 saturated heterocycles. The number of carbonyl (C=O) groups is 3. The van der Waals surface area contributed by atoms with Crippen molar-refractivity contribution in [1.29, 1.82) is 0 Å². The molecule has 0 aromatic heterocycles. The molecule has 342 valence electrons. The fraction of sp³-hybridized carbons (Fsp3) is 0.582. The van der Waals surface area contributed by atoms with E-state index < -0.39 is 12.1 Å². The molecule has 0 aliphatic heterocycles. The molecule has 1 atom stereocenters. The number of allylic oxidation sites excluding steroid dienone is 20. The normalized spacial score (nSPS) is 13.2. The SMILES string of the molecule is CC\C=C/C=C\C=C/C=C\C=C/CCCC(=O)OC(COC(=O)CCCCC/C=C\C=C/CCCC)COC(=O)CCCCCCCCCCC/C=C\C/C=C\C/C=C\CC. The van der Waals surface area contributed by atoms with Crippen molar-refractivity contribution in [2.45, 2.75) is 194 Å². The maximum atomic E-state index is 12.7. The summed E-state index contributed by atoms with van der Waals surface area (Å²) in [4.78, 5) is 37.8. The van der Waals surface area contributed by atoms with Crippen molar-refractivity contribution in [3.8, 4) is 0 Å². The van der Waals surface area contributed by atoms with Crippen LogP contribution in [0.15, 0.2) is 122 Å². The first-order chi connectivity index (χ1) is 30.0. The number of hydrogen-bond acceptors (Lipinski definition) is 6. The van der Waals surface area contributed by atoms with E-state index in [1.165, 1.54) is 51.4 Å². The molecule has 6 nitrogen and oxygen atoms in total. The largest absolute Gasteiger partial charge is 0.462 e. The van der Waals surface area contributed by atoms with E-state index in [2.05, 4.69) is 87.6 Å². The zero-order valence-electron chi connectivity index (χ0n) is 38.9. The fourth-order valence-corrected chi connectivity index (χ4v) is 5.99. The maximum absolute atomic E-state index is 12.7. The van der Waals surface area contributed by atoms with Crippen LogP contribution in [0.5, 0.6) is 0 Å². The second-order valence-corrected chi connectivity index (χ2v) is 15.4. The third-order valence-electron chi connectivity index (χ3n) is 9.59. The van der Waals surface area contributed by atoms with E-state index in [9.17, 15) is 14.4 Å². The Labute approximate surface area is 373 Å². The van der Waals surface area contributed by atoms with E-state index in [0.29, 0.717) is 19.3 Å². The van der Waals surface area contributed by atoms with Gasteiger partial charge in [-0.15, -0.1) is 0 Å². The Hall–Kier alpha value is -4.19. The highest BCUT2D eigenvalue weighted by Gasteiger charge is 2.19. The predicted molar refractivity (Wildman–Crippen MR) is 260 cm³/mol. The van der Waals surface area contributed by atoms with Crippen molar-refractivity contribution in [2.75, 3.05) is 13.2 Å². The topological polar surface area (TPSA) is 78.9 Å². The van der Waals surface area contributed by atoms with E-state index in [-0.39, 0.29) is 31.6 Å². The molecule has 0 N–H and O–H groups in total. The Balaban J connectivity index is 4.48. The van der Waals surface area contributed by atoms with Crippen LogP contribution in [0.1, 0.15) is 188 Å². The second kappa shape index (κ2) is 48.5. The van der Waals surface area contributed by atoms with Crippen LogP contribution in [0.3, 0.4) is 0 Å². The number of hydrogen-bond donors (Lipinski definition) is 0. The smallest absolute Gasteiger partial charge is 0.306 e. The number of carbonyl (C=O) groups excluding carboxylic acids is 3. The third-order valence-corrected chi connectivity index (χ3v) is 9.59. The molecule has 0 spiro atoms. The molecule has 0 aromatic rings. The van der Waals surface area contributed by atoms with Gasteiger partial charge in [0.2, 0.25) is 0 Å². The van der Waals surface area contributed by atoms with Gasteiger partial charge in [-0.2, -0.15) is 0 Å². The lowest BCUT2D eigenvalue weighted by molar-refractivity contribution is -0.167. The minimum Gasteiger partial charge on any atom is -0.462 e. The number of esters is 3.